The van der Waals surface area contributed by atoms with E-state index in [0.717, 1.165) is 51.4 Å². The fourth-order valence-corrected chi connectivity index (χ4v) is 5.37. The lowest BCUT2D eigenvalue weighted by Gasteiger charge is -2.18. The van der Waals surface area contributed by atoms with Crippen LogP contribution in [0, 0.1) is 13.8 Å². The maximum absolute atomic E-state index is 13.3. The van der Waals surface area contributed by atoms with E-state index in [4.69, 9.17) is 10.1 Å². The molecular weight excluding hydrogens is 554 g/mol. The van der Waals surface area contributed by atoms with Gasteiger partial charge in [-0.2, -0.15) is 9.61 Å². The number of aliphatic hydroxyl groups is 2. The minimum absolute atomic E-state index is 0.0280. The number of nitrogens with one attached hydrogen (secondary N) is 1. The van der Waals surface area contributed by atoms with Crippen LogP contribution >= 0.6 is 0 Å². The number of benzene rings is 2. The molecule has 2 aromatic carbocycles. The van der Waals surface area contributed by atoms with Crippen LogP contribution in [0.25, 0.3) is 33.7 Å². The summed E-state index contributed by atoms with van der Waals surface area (Å²) in [5, 5.41) is 27.7. The van der Waals surface area contributed by atoms with Gasteiger partial charge in [-0.25, -0.2) is 9.97 Å². The molecule has 0 saturated carbocycles. The van der Waals surface area contributed by atoms with E-state index >= 15 is 0 Å². The number of aryl methyl sites for hydroxylation is 3. The van der Waals surface area contributed by atoms with Gasteiger partial charge in [0.15, 0.2) is 5.65 Å². The second-order valence-corrected chi connectivity index (χ2v) is 11.0. The molecule has 228 valence electrons. The summed E-state index contributed by atoms with van der Waals surface area (Å²) < 4.78 is 3.78. The highest BCUT2D eigenvalue weighted by Crippen LogP contribution is 2.33. The monoisotopic (exact) mass is 593 g/mol. The first-order valence-electron chi connectivity index (χ1n) is 14.8. The number of amides is 1. The van der Waals surface area contributed by atoms with Gasteiger partial charge in [0.25, 0.3) is 5.91 Å². The third kappa shape index (κ3) is 6.07. The molecule has 1 amide bonds. The largest absolute Gasteiger partial charge is 0.515 e. The Kier molecular flexibility index (Phi) is 9.10. The average molecular weight is 594 g/mol. The number of anilines is 1. The van der Waals surface area contributed by atoms with Gasteiger partial charge >= 0.3 is 0 Å². The molecular formula is C34H39N7O3. The molecule has 0 bridgehead atoms. The predicted octanol–water partition coefficient (Wildman–Crippen LogP) is 5.79. The fraction of sp³-hybridized carbons (Fsp3) is 0.294. The minimum Gasteiger partial charge on any atom is -0.515 e. The van der Waals surface area contributed by atoms with Crippen LogP contribution in [0.3, 0.4) is 0 Å². The van der Waals surface area contributed by atoms with Crippen molar-refractivity contribution < 1.29 is 15.0 Å². The van der Waals surface area contributed by atoms with Crippen LogP contribution in [0.1, 0.15) is 52.6 Å². The van der Waals surface area contributed by atoms with Gasteiger partial charge in [0.1, 0.15) is 11.6 Å². The van der Waals surface area contributed by atoms with E-state index in [1.54, 1.807) is 22.7 Å². The second-order valence-electron chi connectivity index (χ2n) is 11.0. The van der Waals surface area contributed by atoms with E-state index < -0.39 is 0 Å². The Balaban J connectivity index is 1.56. The molecule has 10 heteroatoms. The molecule has 0 unspecified atom stereocenters. The Morgan fingerprint density at radius 1 is 1.11 bits per heavy atom. The highest BCUT2D eigenvalue weighted by Gasteiger charge is 2.21. The highest BCUT2D eigenvalue weighted by atomic mass is 16.3. The topological polar surface area (TPSA) is 121 Å². The van der Waals surface area contributed by atoms with Gasteiger partial charge in [-0.1, -0.05) is 37.3 Å². The molecule has 0 saturated heterocycles. The Morgan fingerprint density at radius 2 is 1.93 bits per heavy atom. The highest BCUT2D eigenvalue weighted by molar-refractivity contribution is 5.97. The summed E-state index contributed by atoms with van der Waals surface area (Å²) in [6.07, 6.45) is 5.93. The number of hydrogen-bond acceptors (Lipinski definition) is 7. The van der Waals surface area contributed by atoms with Crippen LogP contribution < -0.4 is 5.32 Å². The maximum atomic E-state index is 13.3. The van der Waals surface area contributed by atoms with E-state index in [0.29, 0.717) is 48.4 Å². The zero-order chi connectivity index (χ0) is 31.4. The summed E-state index contributed by atoms with van der Waals surface area (Å²) >= 11 is 0. The molecule has 5 rings (SSSR count). The number of fused-ring (bicyclic) bond motifs is 1. The lowest BCUT2D eigenvalue weighted by Crippen LogP contribution is -2.28. The van der Waals surface area contributed by atoms with Crippen molar-refractivity contribution >= 4 is 22.9 Å². The molecule has 44 heavy (non-hydrogen) atoms. The van der Waals surface area contributed by atoms with Gasteiger partial charge in [-0.05, 0) is 55.5 Å². The quantitative estimate of drug-likeness (QED) is 0.166. The molecule has 0 spiro atoms. The van der Waals surface area contributed by atoms with Crippen molar-refractivity contribution in [3.63, 3.8) is 0 Å². The SMILES string of the molecule is CCC(=CO)c1cc(NCc2cccc(-c3nccn3C)c2)n2nc(C)c(-c3ccc(C)c(C(=O)N(C)CCCO)c3)c2n1. The van der Waals surface area contributed by atoms with E-state index in [2.05, 4.69) is 22.4 Å². The van der Waals surface area contributed by atoms with Crippen LogP contribution in [0.2, 0.25) is 0 Å². The van der Waals surface area contributed by atoms with E-state index in [9.17, 15) is 15.0 Å². The van der Waals surface area contributed by atoms with Crippen molar-refractivity contribution in [2.24, 2.45) is 7.05 Å². The third-order valence-corrected chi connectivity index (χ3v) is 7.86. The van der Waals surface area contributed by atoms with Crippen molar-refractivity contribution in [1.82, 2.24) is 29.0 Å². The van der Waals surface area contributed by atoms with Gasteiger partial charge < -0.3 is 25.0 Å². The van der Waals surface area contributed by atoms with Crippen LogP contribution in [0.5, 0.6) is 0 Å². The molecule has 0 fully saturated rings. The van der Waals surface area contributed by atoms with Crippen LogP contribution in [0.4, 0.5) is 5.82 Å². The molecule has 3 heterocycles. The summed E-state index contributed by atoms with van der Waals surface area (Å²) in [4.78, 5) is 24.4. The molecule has 10 nitrogen and oxygen atoms in total. The number of nitrogens with zero attached hydrogens (tertiary/aromatic N) is 6. The Morgan fingerprint density at radius 3 is 2.64 bits per heavy atom. The Bertz CT molecular complexity index is 1840. The van der Waals surface area contributed by atoms with E-state index in [1.807, 2.05) is 75.0 Å². The molecule has 0 aliphatic rings. The molecule has 5 aromatic rings. The van der Waals surface area contributed by atoms with E-state index in [-0.39, 0.29) is 12.5 Å². The first-order chi connectivity index (χ1) is 21.2. The lowest BCUT2D eigenvalue weighted by atomic mass is 9.99. The predicted molar refractivity (Wildman–Crippen MR) is 173 cm³/mol. The third-order valence-electron chi connectivity index (χ3n) is 7.86. The van der Waals surface area contributed by atoms with Crippen LogP contribution in [0.15, 0.2) is 67.2 Å². The average Bonchev–Trinajstić information content (AvgIpc) is 3.61. The number of hydrogen-bond donors (Lipinski definition) is 3. The smallest absolute Gasteiger partial charge is 0.253 e. The van der Waals surface area contributed by atoms with Crippen molar-refractivity contribution in [1.29, 1.82) is 0 Å². The van der Waals surface area contributed by atoms with Crippen molar-refractivity contribution in [3.8, 4) is 22.5 Å². The summed E-state index contributed by atoms with van der Waals surface area (Å²) in [7, 11) is 3.72. The summed E-state index contributed by atoms with van der Waals surface area (Å²) in [5.74, 6) is 1.51. The van der Waals surface area contributed by atoms with Crippen molar-refractivity contribution in [3.05, 3.63) is 95.3 Å². The fourth-order valence-electron chi connectivity index (χ4n) is 5.37. The zero-order valence-corrected chi connectivity index (χ0v) is 25.9. The van der Waals surface area contributed by atoms with Gasteiger partial charge in [-0.15, -0.1) is 0 Å². The maximum Gasteiger partial charge on any atom is 0.253 e. The number of carbonyl (C=O) groups excluding carboxylic acids is 1. The van der Waals surface area contributed by atoms with Gasteiger partial charge in [0.05, 0.1) is 17.6 Å². The van der Waals surface area contributed by atoms with Crippen molar-refractivity contribution in [2.75, 3.05) is 25.5 Å². The zero-order valence-electron chi connectivity index (χ0n) is 25.9. The Labute approximate surface area is 257 Å². The second kappa shape index (κ2) is 13.1. The van der Waals surface area contributed by atoms with Gasteiger partial charge in [-0.3, -0.25) is 4.79 Å². The lowest BCUT2D eigenvalue weighted by molar-refractivity contribution is 0.0785. The number of aliphatic hydroxyl groups excluding tert-OH is 2. The summed E-state index contributed by atoms with van der Waals surface area (Å²) in [6, 6.07) is 16.0. The van der Waals surface area contributed by atoms with Gasteiger partial charge in [0, 0.05) is 74.5 Å². The normalized spacial score (nSPS) is 11.7. The van der Waals surface area contributed by atoms with Crippen LogP contribution in [-0.2, 0) is 13.6 Å². The summed E-state index contributed by atoms with van der Waals surface area (Å²) in [6.45, 7) is 6.84. The molecule has 0 atom stereocenters. The first-order valence-corrected chi connectivity index (χ1v) is 14.8. The molecule has 0 radical (unpaired) electrons. The standard InChI is InChI=1S/C34H39N7O3/c1-6-25(21-43)29-19-30(36-20-24-9-7-10-27(17-24)32-35-13-15-39(32)4)41-33(37-29)31(23(3)38-41)26-12-11-22(2)28(18-26)34(44)40(5)14-8-16-42/h7,9-13,15,17-19,21,36,42-43H,6,8,14,16,20H2,1-5H3. The van der Waals surface area contributed by atoms with E-state index in [1.165, 1.54) is 0 Å². The summed E-state index contributed by atoms with van der Waals surface area (Å²) in [5.41, 5.74) is 7.90. The molecule has 0 aliphatic heterocycles. The van der Waals surface area contributed by atoms with Crippen LogP contribution in [-0.4, -0.2) is 65.4 Å². The number of allylic oxidation sites excluding steroid dienone is 1. The Hall–Kier alpha value is -4.96. The number of aromatic nitrogens is 5. The molecule has 3 N–H and O–H groups in total. The number of imidazole rings is 1. The molecule has 0 aliphatic carbocycles. The first kappa shape index (κ1) is 30.5. The molecule has 3 aromatic heterocycles. The number of rotatable bonds is 11. The van der Waals surface area contributed by atoms with Gasteiger partial charge in [0.2, 0.25) is 0 Å². The number of carbonyl (C=O) groups is 1. The van der Waals surface area contributed by atoms with Crippen molar-refractivity contribution in [2.45, 2.75) is 40.2 Å². The minimum atomic E-state index is -0.104.